The molecule has 0 amide bonds. The molecule has 0 saturated heterocycles. The van der Waals surface area contributed by atoms with Gasteiger partial charge in [-0.2, -0.15) is 0 Å². The summed E-state index contributed by atoms with van der Waals surface area (Å²) in [7, 11) is 0. The van der Waals surface area contributed by atoms with E-state index in [9.17, 15) is 0 Å². The molecule has 0 heterocycles. The molecule has 0 aliphatic heterocycles. The summed E-state index contributed by atoms with van der Waals surface area (Å²) in [6.07, 6.45) is 0. The second kappa shape index (κ2) is 28.6. The molecule has 0 saturated carbocycles. The molecule has 4 heteroatoms. The molecule has 3 nitrogen and oxygen atoms in total. The van der Waals surface area contributed by atoms with Crippen LogP contribution in [0.15, 0.2) is 0 Å². The van der Waals surface area contributed by atoms with Gasteiger partial charge < -0.3 is 16.4 Å². The zero-order valence-electron chi connectivity index (χ0n) is 1.84. The van der Waals surface area contributed by atoms with Gasteiger partial charge in [-0.3, -0.25) is 0 Å². The van der Waals surface area contributed by atoms with E-state index < -0.39 is 0 Å². The first-order valence-corrected chi connectivity index (χ1v) is 0. The van der Waals surface area contributed by atoms with Crippen molar-refractivity contribution in [1.82, 2.24) is 0 Å². The molecule has 0 rings (SSSR count). The molecule has 0 aromatic heterocycles. The fourth-order valence-corrected chi connectivity index (χ4v) is 0. The molecule has 0 aromatic rings. The van der Waals surface area contributed by atoms with Crippen LogP contribution < -0.4 is 0 Å². The molecule has 0 aliphatic carbocycles. The Kier molecular flexibility index (Phi) is 431. The summed E-state index contributed by atoms with van der Waals surface area (Å²) < 4.78 is 0. The molecule has 0 aromatic carbocycles. The van der Waals surface area contributed by atoms with Crippen LogP contribution in [0.25, 0.3) is 0 Å². The van der Waals surface area contributed by atoms with E-state index in [0.29, 0.717) is 0 Å². The van der Waals surface area contributed by atoms with Crippen LogP contribution in [0.2, 0.25) is 0 Å². The Bertz CT molecular complexity index is 3.25. The van der Waals surface area contributed by atoms with E-state index in [-0.39, 0.29) is 58.2 Å². The van der Waals surface area contributed by atoms with E-state index in [2.05, 4.69) is 0 Å². The first-order valence-electron chi connectivity index (χ1n) is 0. The first kappa shape index (κ1) is 60.3. The Morgan fingerprint density at radius 2 is 0.500 bits per heavy atom. The summed E-state index contributed by atoms with van der Waals surface area (Å²) in [5, 5.41) is 0. The van der Waals surface area contributed by atoms with Crippen molar-refractivity contribution in [2.45, 2.75) is 0 Å². The average molecular weight is 191 g/mol. The van der Waals surface area contributed by atoms with Gasteiger partial charge in [-0.05, 0) is 0 Å². The van der Waals surface area contributed by atoms with Gasteiger partial charge in [0, 0.05) is 0 Å². The predicted octanol–water partition coefficient (Wildman–Crippen LogP) is -0.530. The van der Waals surface area contributed by atoms with Gasteiger partial charge >= 0.3 is 41.7 Å². The van der Waals surface area contributed by atoms with E-state index in [1.165, 1.54) is 0 Å². The summed E-state index contributed by atoms with van der Waals surface area (Å²) >= 11 is 0. The van der Waals surface area contributed by atoms with Crippen molar-refractivity contribution >= 4 is 0 Å². The van der Waals surface area contributed by atoms with Gasteiger partial charge in [0.05, 0.1) is 0 Å². The first-order chi connectivity index (χ1) is 0. The van der Waals surface area contributed by atoms with E-state index in [4.69, 9.17) is 0 Å². The van der Waals surface area contributed by atoms with Crippen LogP contribution >= 0.6 is 0 Å². The molecule has 4 heavy (non-hydrogen) atoms. The van der Waals surface area contributed by atoms with Gasteiger partial charge in [0.15, 0.2) is 0 Å². The van der Waals surface area contributed by atoms with Crippen LogP contribution in [0.1, 0.15) is 0 Å². The normalized spacial score (nSPS) is 0. The quantitative estimate of drug-likeness (QED) is 0.515. The molecule has 0 spiro atoms. The third-order valence-corrected chi connectivity index (χ3v) is 0. The van der Waals surface area contributed by atoms with Crippen LogP contribution in [-0.4, -0.2) is 16.4 Å². The van der Waals surface area contributed by atoms with E-state index >= 15 is 0 Å². The van der Waals surface area contributed by atoms with Crippen molar-refractivity contribution < 1.29 is 58.2 Å². The van der Waals surface area contributed by atoms with Crippen LogP contribution in [0, 0.1) is 41.7 Å². The Morgan fingerprint density at radius 3 is 0.500 bits per heavy atom. The smallest absolute Gasteiger partial charge is 0.870 e. The summed E-state index contributed by atoms with van der Waals surface area (Å²) in [5.74, 6) is 0. The van der Waals surface area contributed by atoms with Gasteiger partial charge in [-0.15, -0.1) is 0 Å². The zero-order valence-corrected chi connectivity index (χ0v) is 4.98. The SMILES string of the molecule is [Ce+3].[OH-].[OH-].[OH-]. The van der Waals surface area contributed by atoms with Gasteiger partial charge in [0.1, 0.15) is 0 Å². The van der Waals surface area contributed by atoms with Crippen molar-refractivity contribution in [3.8, 4) is 0 Å². The second-order valence-corrected chi connectivity index (χ2v) is 0. The number of rotatable bonds is 0. The maximum absolute atomic E-state index is 0. The van der Waals surface area contributed by atoms with Crippen molar-refractivity contribution in [1.29, 1.82) is 0 Å². The second-order valence-electron chi connectivity index (χ2n) is 0. The number of hydrogen-bond donors (Lipinski definition) is 0. The van der Waals surface area contributed by atoms with Crippen molar-refractivity contribution in [2.24, 2.45) is 0 Å². The molecular formula is H3CeO3. The topological polar surface area (TPSA) is 90.0 Å². The number of hydrogen-bond acceptors (Lipinski definition) is 3. The Morgan fingerprint density at radius 1 is 0.500 bits per heavy atom. The standard InChI is InChI=1S/Ce.3H2O/h;3*1H2/q+3;;;/p-3. The van der Waals surface area contributed by atoms with Crippen LogP contribution in [0.5, 0.6) is 0 Å². The van der Waals surface area contributed by atoms with Crippen LogP contribution in [-0.2, 0) is 0 Å². The minimum absolute atomic E-state index is 0. The molecular weight excluding hydrogens is 188 g/mol. The molecule has 3 N–H and O–H groups in total. The largest absolute Gasteiger partial charge is 3.00 e. The third-order valence-electron chi connectivity index (χ3n) is 0. The monoisotopic (exact) mass is 191 g/mol. The fourth-order valence-electron chi connectivity index (χ4n) is 0. The predicted molar refractivity (Wildman–Crippen MR) is 5.81 cm³/mol. The van der Waals surface area contributed by atoms with Crippen molar-refractivity contribution in [3.63, 3.8) is 0 Å². The third kappa shape index (κ3) is 10.5. The maximum Gasteiger partial charge on any atom is 3.00 e. The van der Waals surface area contributed by atoms with E-state index in [1.54, 1.807) is 0 Å². The summed E-state index contributed by atoms with van der Waals surface area (Å²) in [5.41, 5.74) is 0. The van der Waals surface area contributed by atoms with Gasteiger partial charge in [0.25, 0.3) is 0 Å². The van der Waals surface area contributed by atoms with E-state index in [0.717, 1.165) is 0 Å². The van der Waals surface area contributed by atoms with Gasteiger partial charge in [-0.25, -0.2) is 0 Å². The Hall–Kier alpha value is 1.26. The summed E-state index contributed by atoms with van der Waals surface area (Å²) in [4.78, 5) is 0. The molecule has 0 unspecified atom stereocenters. The zero-order chi connectivity index (χ0) is 0. The van der Waals surface area contributed by atoms with Crippen LogP contribution in [0.3, 0.4) is 0 Å². The fraction of sp³-hybridized carbons (Fsp3) is 0. The summed E-state index contributed by atoms with van der Waals surface area (Å²) in [6.45, 7) is 0. The minimum atomic E-state index is 0. The molecule has 0 fully saturated rings. The van der Waals surface area contributed by atoms with Crippen molar-refractivity contribution in [3.05, 3.63) is 0 Å². The Labute approximate surface area is 57.7 Å². The minimum Gasteiger partial charge on any atom is -0.870 e. The summed E-state index contributed by atoms with van der Waals surface area (Å²) in [6, 6.07) is 0. The van der Waals surface area contributed by atoms with E-state index in [1.807, 2.05) is 0 Å². The van der Waals surface area contributed by atoms with Crippen LogP contribution in [0.4, 0.5) is 0 Å². The molecule has 0 atom stereocenters. The molecule has 1 radical (unpaired) electrons. The molecule has 0 aliphatic rings. The van der Waals surface area contributed by atoms with Gasteiger partial charge in [0.2, 0.25) is 0 Å². The Balaban J connectivity index is 0. The maximum atomic E-state index is 0. The molecule has 25 valence electrons. The van der Waals surface area contributed by atoms with Gasteiger partial charge in [-0.1, -0.05) is 0 Å². The average Bonchev–Trinajstić information content (AvgIpc) is 0. The van der Waals surface area contributed by atoms with Crippen molar-refractivity contribution in [2.75, 3.05) is 0 Å². The molecule has 0 bridgehead atoms.